The van der Waals surface area contributed by atoms with E-state index in [0.29, 0.717) is 18.1 Å². The van der Waals surface area contributed by atoms with E-state index in [1.165, 1.54) is 11.3 Å². The Morgan fingerprint density at radius 2 is 2.06 bits per heavy atom. The summed E-state index contributed by atoms with van der Waals surface area (Å²) < 4.78 is 5.53. The van der Waals surface area contributed by atoms with Crippen molar-refractivity contribution in [3.05, 3.63) is 41.9 Å². The minimum absolute atomic E-state index is 0.0811. The summed E-state index contributed by atoms with van der Waals surface area (Å²) >= 11 is 0. The van der Waals surface area contributed by atoms with Crippen LogP contribution in [0.3, 0.4) is 0 Å². The molecule has 0 amide bonds. The van der Waals surface area contributed by atoms with Gasteiger partial charge in [-0.25, -0.2) is 9.97 Å². The fourth-order valence-corrected chi connectivity index (χ4v) is 4.97. The van der Waals surface area contributed by atoms with E-state index in [-0.39, 0.29) is 5.92 Å². The molecule has 2 aliphatic rings. The van der Waals surface area contributed by atoms with Gasteiger partial charge in [0.2, 0.25) is 0 Å². The Hall–Kier alpha value is -2.93. The Balaban J connectivity index is 1.48. The zero-order chi connectivity index (χ0) is 22.1. The van der Waals surface area contributed by atoms with Crippen molar-refractivity contribution in [2.24, 2.45) is 11.8 Å². The van der Waals surface area contributed by atoms with Gasteiger partial charge in [-0.2, -0.15) is 0 Å². The van der Waals surface area contributed by atoms with E-state index in [1.54, 1.807) is 6.33 Å². The molecule has 1 atom stereocenters. The van der Waals surface area contributed by atoms with Gasteiger partial charge in [-0.1, -0.05) is 26.0 Å². The number of hydrogen-bond donors (Lipinski definition) is 2. The summed E-state index contributed by atoms with van der Waals surface area (Å²) in [5.41, 5.74) is 5.40. The number of aromatic nitrogens is 3. The van der Waals surface area contributed by atoms with Crippen molar-refractivity contribution in [1.82, 2.24) is 15.0 Å². The maximum atomic E-state index is 12.8. The molecule has 3 aromatic rings. The first-order valence-electron chi connectivity index (χ1n) is 11.7. The van der Waals surface area contributed by atoms with Crippen molar-refractivity contribution < 1.29 is 9.53 Å². The molecule has 1 unspecified atom stereocenters. The smallest absolute Gasteiger partial charge is 0.143 e. The minimum atomic E-state index is 0.0811. The van der Waals surface area contributed by atoms with Crippen LogP contribution in [0.25, 0.3) is 11.0 Å². The van der Waals surface area contributed by atoms with Gasteiger partial charge in [0, 0.05) is 31.1 Å². The summed E-state index contributed by atoms with van der Waals surface area (Å²) in [6, 6.07) is 8.33. The Morgan fingerprint density at radius 3 is 2.88 bits per heavy atom. The number of aryl methyl sites for hydroxylation is 1. The van der Waals surface area contributed by atoms with E-state index >= 15 is 0 Å². The highest BCUT2D eigenvalue weighted by Gasteiger charge is 2.29. The van der Waals surface area contributed by atoms with Gasteiger partial charge in [0.05, 0.1) is 30.0 Å². The maximum Gasteiger partial charge on any atom is 0.143 e. The number of Topliss-reactive ketones (excluding diaryl/α,β-unsaturated/α-hetero) is 1. The average molecular weight is 434 g/mol. The predicted molar refractivity (Wildman–Crippen MR) is 127 cm³/mol. The van der Waals surface area contributed by atoms with Crippen LogP contribution in [0.15, 0.2) is 30.6 Å². The number of aromatic amines is 1. The number of H-pyrrole nitrogens is 1. The molecule has 3 heterocycles. The molecule has 1 saturated heterocycles. The molecule has 0 radical (unpaired) electrons. The van der Waals surface area contributed by atoms with E-state index in [9.17, 15) is 4.79 Å². The molecule has 2 aromatic heterocycles. The molecule has 32 heavy (non-hydrogen) atoms. The largest absolute Gasteiger partial charge is 0.378 e. The fourth-order valence-electron chi connectivity index (χ4n) is 4.97. The quantitative estimate of drug-likeness (QED) is 0.604. The normalized spacial score (nSPS) is 18.7. The number of ketones is 1. The second kappa shape index (κ2) is 8.90. The van der Waals surface area contributed by atoms with Gasteiger partial charge in [-0.05, 0) is 42.9 Å². The SMILES string of the molecule is CC(C)CC(=O)C1CCc2[nH]c3ncnc(Nc4ccccc4N4CCOCC4)c3c2C1. The van der Waals surface area contributed by atoms with Crippen LogP contribution in [-0.2, 0) is 22.4 Å². The Labute approximate surface area is 188 Å². The van der Waals surface area contributed by atoms with Crippen LogP contribution >= 0.6 is 0 Å². The first kappa shape index (κ1) is 20.9. The van der Waals surface area contributed by atoms with Gasteiger partial charge in [0.25, 0.3) is 0 Å². The van der Waals surface area contributed by atoms with E-state index in [1.807, 2.05) is 6.07 Å². The zero-order valence-electron chi connectivity index (χ0n) is 18.9. The average Bonchev–Trinajstić information content (AvgIpc) is 3.18. The lowest BCUT2D eigenvalue weighted by Gasteiger charge is -2.30. The molecule has 5 rings (SSSR count). The molecule has 7 heteroatoms. The number of para-hydroxylation sites is 2. The number of nitrogens with one attached hydrogen (secondary N) is 2. The first-order valence-corrected chi connectivity index (χ1v) is 11.7. The number of carbonyl (C=O) groups is 1. The summed E-state index contributed by atoms with van der Waals surface area (Å²) in [5.74, 6) is 1.65. The molecule has 0 spiro atoms. The third kappa shape index (κ3) is 4.09. The standard InChI is InChI=1S/C25H31N5O2/c1-16(2)13-22(31)17-7-8-19-18(14-17)23-24(28-19)26-15-27-25(23)29-20-5-3-4-6-21(20)30-9-11-32-12-10-30/h3-6,15-17H,7-14H2,1-2H3,(H2,26,27,28,29). The highest BCUT2D eigenvalue weighted by Crippen LogP contribution is 2.37. The monoisotopic (exact) mass is 433 g/mol. The lowest BCUT2D eigenvalue weighted by molar-refractivity contribution is -0.123. The Bertz CT molecular complexity index is 1120. The third-order valence-corrected chi connectivity index (χ3v) is 6.55. The van der Waals surface area contributed by atoms with E-state index < -0.39 is 0 Å². The number of hydrogen-bond acceptors (Lipinski definition) is 6. The van der Waals surface area contributed by atoms with Crippen LogP contribution in [0.2, 0.25) is 0 Å². The van der Waals surface area contributed by atoms with Gasteiger partial charge >= 0.3 is 0 Å². The summed E-state index contributed by atoms with van der Waals surface area (Å²) in [5, 5.41) is 4.60. The summed E-state index contributed by atoms with van der Waals surface area (Å²) in [7, 11) is 0. The van der Waals surface area contributed by atoms with Crippen LogP contribution in [0.4, 0.5) is 17.2 Å². The van der Waals surface area contributed by atoms with Crippen LogP contribution in [0.1, 0.15) is 37.9 Å². The molecule has 1 aliphatic heterocycles. The molecule has 7 nitrogen and oxygen atoms in total. The zero-order valence-corrected chi connectivity index (χ0v) is 18.9. The highest BCUT2D eigenvalue weighted by atomic mass is 16.5. The van der Waals surface area contributed by atoms with E-state index in [4.69, 9.17) is 4.74 Å². The van der Waals surface area contributed by atoms with Gasteiger partial charge in [0.1, 0.15) is 23.6 Å². The van der Waals surface area contributed by atoms with Crippen molar-refractivity contribution in [3.8, 4) is 0 Å². The third-order valence-electron chi connectivity index (χ3n) is 6.55. The number of benzene rings is 1. The van der Waals surface area contributed by atoms with Gasteiger partial charge in [-0.3, -0.25) is 4.79 Å². The highest BCUT2D eigenvalue weighted by molar-refractivity contribution is 5.95. The van der Waals surface area contributed by atoms with Crippen molar-refractivity contribution >= 4 is 34.0 Å². The van der Waals surface area contributed by atoms with Crippen molar-refractivity contribution in [1.29, 1.82) is 0 Å². The molecule has 168 valence electrons. The molecular weight excluding hydrogens is 402 g/mol. The number of carbonyl (C=O) groups excluding carboxylic acids is 1. The number of anilines is 3. The number of rotatable bonds is 6. The molecule has 1 fully saturated rings. The van der Waals surface area contributed by atoms with Crippen LogP contribution in [-0.4, -0.2) is 47.0 Å². The van der Waals surface area contributed by atoms with Crippen molar-refractivity contribution in [2.75, 3.05) is 36.5 Å². The van der Waals surface area contributed by atoms with Gasteiger partial charge < -0.3 is 19.9 Å². The second-order valence-corrected chi connectivity index (χ2v) is 9.27. The van der Waals surface area contributed by atoms with E-state index in [0.717, 1.165) is 73.8 Å². The Morgan fingerprint density at radius 1 is 1.25 bits per heavy atom. The maximum absolute atomic E-state index is 12.8. The second-order valence-electron chi connectivity index (χ2n) is 9.27. The van der Waals surface area contributed by atoms with Crippen LogP contribution in [0, 0.1) is 11.8 Å². The first-order chi connectivity index (χ1) is 15.6. The predicted octanol–water partition coefficient (Wildman–Crippen LogP) is 4.26. The molecule has 1 aromatic carbocycles. The van der Waals surface area contributed by atoms with Crippen molar-refractivity contribution in [2.45, 2.75) is 39.5 Å². The van der Waals surface area contributed by atoms with Crippen LogP contribution in [0.5, 0.6) is 0 Å². The van der Waals surface area contributed by atoms with E-state index in [2.05, 4.69) is 57.2 Å². The molecule has 1 aliphatic carbocycles. The lowest BCUT2D eigenvalue weighted by atomic mass is 9.82. The summed E-state index contributed by atoms with van der Waals surface area (Å²) in [6.07, 6.45) is 4.79. The van der Waals surface area contributed by atoms with Crippen LogP contribution < -0.4 is 10.2 Å². The Kier molecular flexibility index (Phi) is 5.83. The summed E-state index contributed by atoms with van der Waals surface area (Å²) in [6.45, 7) is 7.44. The minimum Gasteiger partial charge on any atom is -0.378 e. The molecule has 0 saturated carbocycles. The van der Waals surface area contributed by atoms with Crippen molar-refractivity contribution in [3.63, 3.8) is 0 Å². The number of morpholine rings is 1. The number of fused-ring (bicyclic) bond motifs is 3. The fraction of sp³-hybridized carbons (Fsp3) is 0.480. The molecular formula is C25H31N5O2. The lowest BCUT2D eigenvalue weighted by Crippen LogP contribution is -2.36. The number of ether oxygens (including phenoxy) is 1. The summed E-state index contributed by atoms with van der Waals surface area (Å²) in [4.78, 5) is 27.8. The van der Waals surface area contributed by atoms with Gasteiger partial charge in [0.15, 0.2) is 0 Å². The topological polar surface area (TPSA) is 83.1 Å². The number of nitrogens with zero attached hydrogens (tertiary/aromatic N) is 3. The van der Waals surface area contributed by atoms with Gasteiger partial charge in [-0.15, -0.1) is 0 Å². The molecule has 0 bridgehead atoms. The molecule has 2 N–H and O–H groups in total.